The Hall–Kier alpha value is -0.610. The predicted octanol–water partition coefficient (Wildman–Crippen LogP) is 1.79. The molecule has 4 heteroatoms. The van der Waals surface area contributed by atoms with Crippen molar-refractivity contribution in [2.24, 2.45) is 5.92 Å². The normalized spacial score (nSPS) is 20.8. The molecule has 1 N–H and O–H groups in total. The smallest absolute Gasteiger partial charge is 0.222 e. The molecule has 0 aromatic rings. The van der Waals surface area contributed by atoms with E-state index in [-0.39, 0.29) is 0 Å². The molecule has 19 heavy (non-hydrogen) atoms. The van der Waals surface area contributed by atoms with Crippen molar-refractivity contribution in [1.29, 1.82) is 0 Å². The van der Waals surface area contributed by atoms with Crippen LogP contribution in [0.4, 0.5) is 0 Å². The van der Waals surface area contributed by atoms with Crippen molar-refractivity contribution in [2.75, 3.05) is 32.8 Å². The topological polar surface area (TPSA) is 41.6 Å². The molecule has 0 aromatic heterocycles. The number of hydrogen-bond donors (Lipinski definition) is 1. The lowest BCUT2D eigenvalue weighted by molar-refractivity contribution is -0.132. The summed E-state index contributed by atoms with van der Waals surface area (Å²) in [5, 5.41) is 3.64. The Morgan fingerprint density at radius 2 is 2.00 bits per heavy atom. The van der Waals surface area contributed by atoms with E-state index in [0.717, 1.165) is 44.9 Å². The van der Waals surface area contributed by atoms with E-state index in [9.17, 15) is 4.79 Å². The first-order valence-electron chi connectivity index (χ1n) is 7.88. The van der Waals surface area contributed by atoms with Gasteiger partial charge in [-0.15, -0.1) is 0 Å². The van der Waals surface area contributed by atoms with Gasteiger partial charge in [0.2, 0.25) is 5.91 Å². The van der Waals surface area contributed by atoms with E-state index in [1.807, 2.05) is 11.8 Å². The molecule has 0 atom stereocenters. The van der Waals surface area contributed by atoms with Gasteiger partial charge in [0.05, 0.1) is 0 Å². The maximum absolute atomic E-state index is 12.0. The molecule has 0 aromatic carbocycles. The molecule has 1 heterocycles. The molecular formula is C15H28N2O2. The molecule has 1 amide bonds. The number of carbonyl (C=O) groups is 1. The summed E-state index contributed by atoms with van der Waals surface area (Å²) in [6.45, 7) is 6.48. The summed E-state index contributed by atoms with van der Waals surface area (Å²) < 4.78 is 5.27. The van der Waals surface area contributed by atoms with Crippen LogP contribution in [0.25, 0.3) is 0 Å². The summed E-state index contributed by atoms with van der Waals surface area (Å²) in [6, 6.07) is 0.632. The van der Waals surface area contributed by atoms with Gasteiger partial charge in [-0.05, 0) is 51.5 Å². The van der Waals surface area contributed by atoms with Gasteiger partial charge in [0.25, 0.3) is 0 Å². The van der Waals surface area contributed by atoms with Crippen molar-refractivity contribution in [3.8, 4) is 0 Å². The molecule has 110 valence electrons. The SMILES string of the molecule is CCOCCCC(=O)N1CCC(NCC2CC2)CC1. The highest BCUT2D eigenvalue weighted by Gasteiger charge is 2.25. The third kappa shape index (κ3) is 5.49. The van der Waals surface area contributed by atoms with Crippen LogP contribution in [0, 0.1) is 5.92 Å². The highest BCUT2D eigenvalue weighted by Crippen LogP contribution is 2.28. The third-order valence-corrected chi connectivity index (χ3v) is 4.12. The second-order valence-electron chi connectivity index (χ2n) is 5.81. The second kappa shape index (κ2) is 7.85. The average Bonchev–Trinajstić information content (AvgIpc) is 3.26. The van der Waals surface area contributed by atoms with Gasteiger partial charge in [-0.1, -0.05) is 0 Å². The molecule has 2 rings (SSSR count). The number of amides is 1. The zero-order valence-electron chi connectivity index (χ0n) is 12.2. The molecule has 2 fully saturated rings. The largest absolute Gasteiger partial charge is 0.382 e. The molecule has 0 radical (unpaired) electrons. The fourth-order valence-corrected chi connectivity index (χ4v) is 2.62. The Morgan fingerprint density at radius 1 is 1.26 bits per heavy atom. The molecule has 0 unspecified atom stereocenters. The molecule has 2 aliphatic rings. The lowest BCUT2D eigenvalue weighted by Crippen LogP contribution is -2.45. The van der Waals surface area contributed by atoms with Crippen LogP contribution >= 0.6 is 0 Å². The Labute approximate surface area is 116 Å². The minimum Gasteiger partial charge on any atom is -0.382 e. The first kappa shape index (κ1) is 14.8. The van der Waals surface area contributed by atoms with Gasteiger partial charge in [0.1, 0.15) is 0 Å². The van der Waals surface area contributed by atoms with Gasteiger partial charge in [-0.2, -0.15) is 0 Å². The van der Waals surface area contributed by atoms with Gasteiger partial charge in [-0.3, -0.25) is 4.79 Å². The van der Waals surface area contributed by atoms with E-state index < -0.39 is 0 Å². The number of ether oxygens (including phenoxy) is 1. The van der Waals surface area contributed by atoms with Crippen LogP contribution in [-0.2, 0) is 9.53 Å². The first-order valence-corrected chi connectivity index (χ1v) is 7.88. The fourth-order valence-electron chi connectivity index (χ4n) is 2.62. The predicted molar refractivity (Wildman–Crippen MR) is 76.1 cm³/mol. The second-order valence-corrected chi connectivity index (χ2v) is 5.81. The van der Waals surface area contributed by atoms with Gasteiger partial charge >= 0.3 is 0 Å². The van der Waals surface area contributed by atoms with E-state index in [2.05, 4.69) is 5.32 Å². The lowest BCUT2D eigenvalue weighted by Gasteiger charge is -2.32. The zero-order valence-corrected chi connectivity index (χ0v) is 12.2. The van der Waals surface area contributed by atoms with E-state index in [4.69, 9.17) is 4.74 Å². The zero-order chi connectivity index (χ0) is 13.5. The van der Waals surface area contributed by atoms with Gasteiger partial charge in [-0.25, -0.2) is 0 Å². The maximum Gasteiger partial charge on any atom is 0.222 e. The quantitative estimate of drug-likeness (QED) is 0.682. The van der Waals surface area contributed by atoms with Crippen molar-refractivity contribution in [3.05, 3.63) is 0 Å². The lowest BCUT2D eigenvalue weighted by atomic mass is 10.0. The van der Waals surface area contributed by atoms with Crippen LogP contribution in [0.1, 0.15) is 45.4 Å². The Kier molecular flexibility index (Phi) is 6.11. The van der Waals surface area contributed by atoms with Gasteiger partial charge in [0.15, 0.2) is 0 Å². The van der Waals surface area contributed by atoms with Crippen LogP contribution in [0.3, 0.4) is 0 Å². The highest BCUT2D eigenvalue weighted by molar-refractivity contribution is 5.76. The minimum absolute atomic E-state index is 0.306. The number of likely N-dealkylation sites (tertiary alicyclic amines) is 1. The summed E-state index contributed by atoms with van der Waals surface area (Å²) in [6.07, 6.45) is 6.54. The van der Waals surface area contributed by atoms with E-state index in [0.29, 0.717) is 25.0 Å². The highest BCUT2D eigenvalue weighted by atomic mass is 16.5. The molecule has 4 nitrogen and oxygen atoms in total. The number of nitrogens with one attached hydrogen (secondary N) is 1. The average molecular weight is 268 g/mol. The summed E-state index contributed by atoms with van der Waals surface area (Å²) in [5.74, 6) is 1.25. The number of rotatable bonds is 8. The standard InChI is InChI=1S/C15H28N2O2/c1-2-19-11-3-4-15(18)17-9-7-14(8-10-17)16-12-13-5-6-13/h13-14,16H,2-12H2,1H3. The van der Waals surface area contributed by atoms with Crippen LogP contribution in [-0.4, -0.2) is 49.7 Å². The summed E-state index contributed by atoms with van der Waals surface area (Å²) >= 11 is 0. The van der Waals surface area contributed by atoms with Crippen molar-refractivity contribution < 1.29 is 9.53 Å². The molecule has 1 saturated heterocycles. The van der Waals surface area contributed by atoms with Crippen LogP contribution in [0.15, 0.2) is 0 Å². The maximum atomic E-state index is 12.0. The Balaban J connectivity index is 1.54. The van der Waals surface area contributed by atoms with E-state index >= 15 is 0 Å². The Bertz CT molecular complexity index is 271. The summed E-state index contributed by atoms with van der Waals surface area (Å²) in [4.78, 5) is 14.0. The molecule has 1 aliphatic heterocycles. The number of nitrogens with zero attached hydrogens (tertiary/aromatic N) is 1. The molecule has 0 bridgehead atoms. The summed E-state index contributed by atoms with van der Waals surface area (Å²) in [7, 11) is 0. The minimum atomic E-state index is 0.306. The van der Waals surface area contributed by atoms with Crippen LogP contribution < -0.4 is 5.32 Å². The van der Waals surface area contributed by atoms with E-state index in [1.54, 1.807) is 0 Å². The van der Waals surface area contributed by atoms with Crippen molar-refractivity contribution in [2.45, 2.75) is 51.5 Å². The fraction of sp³-hybridized carbons (Fsp3) is 0.933. The Morgan fingerprint density at radius 3 is 2.63 bits per heavy atom. The van der Waals surface area contributed by atoms with Crippen molar-refractivity contribution >= 4 is 5.91 Å². The van der Waals surface area contributed by atoms with Crippen LogP contribution in [0.5, 0.6) is 0 Å². The first-order chi connectivity index (χ1) is 9.29. The summed E-state index contributed by atoms with van der Waals surface area (Å²) in [5.41, 5.74) is 0. The van der Waals surface area contributed by atoms with Crippen LogP contribution in [0.2, 0.25) is 0 Å². The number of hydrogen-bond acceptors (Lipinski definition) is 3. The molecule has 0 spiro atoms. The number of piperidine rings is 1. The molecular weight excluding hydrogens is 240 g/mol. The molecule has 1 aliphatic carbocycles. The van der Waals surface area contributed by atoms with Gasteiger partial charge in [0, 0.05) is 38.8 Å². The van der Waals surface area contributed by atoms with Gasteiger partial charge < -0.3 is 15.0 Å². The molecule has 1 saturated carbocycles. The number of carbonyl (C=O) groups excluding carboxylic acids is 1. The van der Waals surface area contributed by atoms with Crippen molar-refractivity contribution in [1.82, 2.24) is 10.2 Å². The monoisotopic (exact) mass is 268 g/mol. The van der Waals surface area contributed by atoms with E-state index in [1.165, 1.54) is 19.4 Å². The van der Waals surface area contributed by atoms with Crippen molar-refractivity contribution in [3.63, 3.8) is 0 Å². The third-order valence-electron chi connectivity index (χ3n) is 4.12.